The smallest absolute Gasteiger partial charge is 0.241 e. The Kier molecular flexibility index (Phi) is 9.63. The number of hydrogen-bond acceptors (Lipinski definition) is 5. The van der Waals surface area contributed by atoms with Crippen LogP contribution in [0.4, 0.5) is 0 Å². The first kappa shape index (κ1) is 27.1. The summed E-state index contributed by atoms with van der Waals surface area (Å²) < 4.78 is 34.3. The van der Waals surface area contributed by atoms with Gasteiger partial charge in [-0.1, -0.05) is 54.1 Å². The summed E-state index contributed by atoms with van der Waals surface area (Å²) in [5, 5.41) is 3.13. The van der Waals surface area contributed by atoms with Gasteiger partial charge in [-0.05, 0) is 68.0 Å². The van der Waals surface area contributed by atoms with Crippen molar-refractivity contribution in [2.45, 2.75) is 42.1 Å². The first-order valence-corrected chi connectivity index (χ1v) is 14.2. The molecule has 0 unspecified atom stereocenters. The predicted octanol–water partition coefficient (Wildman–Crippen LogP) is 5.23. The van der Waals surface area contributed by atoms with E-state index < -0.39 is 22.0 Å². The van der Waals surface area contributed by atoms with Crippen LogP contribution < -0.4 is 14.8 Å². The number of hydrogen-bond donors (Lipinski definition) is 2. The molecule has 1 amide bonds. The van der Waals surface area contributed by atoms with Crippen LogP contribution in [-0.2, 0) is 21.2 Å². The number of thioether (sulfide) groups is 1. The van der Waals surface area contributed by atoms with Gasteiger partial charge in [0.2, 0.25) is 15.9 Å². The molecule has 0 radical (unpaired) electrons. The van der Waals surface area contributed by atoms with Crippen LogP contribution in [0.25, 0.3) is 0 Å². The van der Waals surface area contributed by atoms with Crippen LogP contribution in [0.5, 0.6) is 5.75 Å². The molecular formula is C26H29ClN2O4S2. The number of amides is 1. The van der Waals surface area contributed by atoms with Gasteiger partial charge in [0.15, 0.2) is 0 Å². The summed E-state index contributed by atoms with van der Waals surface area (Å²) in [4.78, 5) is 14.4. The van der Waals surface area contributed by atoms with Gasteiger partial charge in [-0.25, -0.2) is 8.42 Å². The fraction of sp³-hybridized carbons (Fsp3) is 0.269. The molecule has 2 atom stereocenters. The van der Waals surface area contributed by atoms with E-state index in [1.807, 2.05) is 74.7 Å². The minimum absolute atomic E-state index is 0.0440. The fourth-order valence-electron chi connectivity index (χ4n) is 3.50. The summed E-state index contributed by atoms with van der Waals surface area (Å²) in [5.41, 5.74) is 1.76. The van der Waals surface area contributed by atoms with E-state index >= 15 is 0 Å². The third-order valence-electron chi connectivity index (χ3n) is 5.38. The summed E-state index contributed by atoms with van der Waals surface area (Å²) in [6, 6.07) is 20.1. The van der Waals surface area contributed by atoms with Gasteiger partial charge < -0.3 is 10.1 Å². The number of carbonyl (C=O) groups excluding carboxylic acids is 1. The average Bonchev–Trinajstić information content (AvgIpc) is 2.85. The number of rotatable bonds is 11. The van der Waals surface area contributed by atoms with Crippen molar-refractivity contribution in [1.29, 1.82) is 0 Å². The Morgan fingerprint density at radius 2 is 1.74 bits per heavy atom. The average molecular weight is 533 g/mol. The fourth-order valence-corrected chi connectivity index (χ4v) is 5.43. The summed E-state index contributed by atoms with van der Waals surface area (Å²) >= 11 is 7.84. The highest BCUT2D eigenvalue weighted by Gasteiger charge is 2.27. The Labute approximate surface area is 216 Å². The quantitative estimate of drug-likeness (QED) is 0.330. The second kappa shape index (κ2) is 12.4. The molecule has 3 aromatic carbocycles. The zero-order valence-corrected chi connectivity index (χ0v) is 22.2. The number of sulfonamides is 1. The maximum Gasteiger partial charge on any atom is 0.241 e. The normalized spacial score (nSPS) is 13.1. The maximum atomic E-state index is 13.3. The molecule has 35 heavy (non-hydrogen) atoms. The molecule has 3 aromatic rings. The zero-order chi connectivity index (χ0) is 25.4. The van der Waals surface area contributed by atoms with Crippen LogP contribution in [-0.4, -0.2) is 33.2 Å². The van der Waals surface area contributed by atoms with E-state index in [0.717, 1.165) is 16.0 Å². The number of ether oxygens (including phenoxy) is 1. The molecule has 0 saturated carbocycles. The van der Waals surface area contributed by atoms with Crippen molar-refractivity contribution in [3.05, 3.63) is 88.9 Å². The minimum Gasteiger partial charge on any atom is -0.492 e. The molecule has 0 aliphatic carbocycles. The summed E-state index contributed by atoms with van der Waals surface area (Å²) in [5.74, 6) is -0.0242. The van der Waals surface area contributed by atoms with Gasteiger partial charge in [0.1, 0.15) is 11.8 Å². The van der Waals surface area contributed by atoms with Gasteiger partial charge in [0.25, 0.3) is 0 Å². The summed E-state index contributed by atoms with van der Waals surface area (Å²) in [7, 11) is -4.04. The highest BCUT2D eigenvalue weighted by Crippen LogP contribution is 2.27. The third kappa shape index (κ3) is 7.48. The Morgan fingerprint density at radius 1 is 1.06 bits per heavy atom. The van der Waals surface area contributed by atoms with Gasteiger partial charge in [0.05, 0.1) is 22.6 Å². The lowest BCUT2D eigenvalue weighted by Gasteiger charge is -2.22. The molecule has 2 N–H and O–H groups in total. The van der Waals surface area contributed by atoms with Crippen LogP contribution in [0.2, 0.25) is 5.02 Å². The summed E-state index contributed by atoms with van der Waals surface area (Å²) in [6.45, 7) is 4.08. The first-order chi connectivity index (χ1) is 16.7. The van der Waals surface area contributed by atoms with E-state index in [2.05, 4.69) is 10.0 Å². The van der Waals surface area contributed by atoms with Crippen molar-refractivity contribution >= 4 is 39.3 Å². The second-order valence-electron chi connectivity index (χ2n) is 7.89. The van der Waals surface area contributed by atoms with Crippen molar-refractivity contribution in [1.82, 2.24) is 10.0 Å². The number of carbonyl (C=O) groups is 1. The molecule has 0 aliphatic heterocycles. The standard InChI is InChI=1S/C26H29ClN2O4S2/c1-4-33-25-15-14-22(17-23(25)27)35(31,32)29-24(16-19-8-6-5-7-9-19)26(30)28-18(2)20-10-12-21(34-3)13-11-20/h5-15,17-18,24,29H,4,16H2,1-3H3,(H,28,30)/t18-,24-/m1/s1. The lowest BCUT2D eigenvalue weighted by atomic mass is 10.0. The van der Waals surface area contributed by atoms with Crippen LogP contribution in [0.3, 0.4) is 0 Å². The SMILES string of the molecule is CCOc1ccc(S(=O)(=O)N[C@H](Cc2ccccc2)C(=O)N[C@H](C)c2ccc(SC)cc2)cc1Cl. The Bertz CT molecular complexity index is 1240. The first-order valence-electron chi connectivity index (χ1n) is 11.2. The van der Waals surface area contributed by atoms with Crippen LogP contribution in [0, 0.1) is 0 Å². The molecule has 0 bridgehead atoms. The van der Waals surface area contributed by atoms with Crippen LogP contribution >= 0.6 is 23.4 Å². The number of benzene rings is 3. The minimum atomic E-state index is -4.04. The predicted molar refractivity (Wildman–Crippen MR) is 142 cm³/mol. The van der Waals surface area contributed by atoms with E-state index in [4.69, 9.17) is 16.3 Å². The van der Waals surface area contributed by atoms with Crippen molar-refractivity contribution in [3.8, 4) is 5.75 Å². The van der Waals surface area contributed by atoms with Crippen LogP contribution in [0.1, 0.15) is 31.0 Å². The van der Waals surface area contributed by atoms with Crippen LogP contribution in [0.15, 0.2) is 82.6 Å². The molecule has 3 rings (SSSR count). The van der Waals surface area contributed by atoms with Gasteiger partial charge in [-0.15, -0.1) is 11.8 Å². The molecule has 0 aromatic heterocycles. The van der Waals surface area contributed by atoms with Crippen molar-refractivity contribution in [3.63, 3.8) is 0 Å². The van der Waals surface area contributed by atoms with E-state index in [1.165, 1.54) is 18.2 Å². The van der Waals surface area contributed by atoms with Crippen molar-refractivity contribution < 1.29 is 17.9 Å². The highest BCUT2D eigenvalue weighted by molar-refractivity contribution is 7.98. The van der Waals surface area contributed by atoms with Crippen molar-refractivity contribution in [2.75, 3.05) is 12.9 Å². The Hall–Kier alpha value is -2.52. The zero-order valence-electron chi connectivity index (χ0n) is 19.8. The Morgan fingerprint density at radius 3 is 2.34 bits per heavy atom. The van der Waals surface area contributed by atoms with Crippen molar-refractivity contribution in [2.24, 2.45) is 0 Å². The highest BCUT2D eigenvalue weighted by atomic mass is 35.5. The topological polar surface area (TPSA) is 84.5 Å². The van der Waals surface area contributed by atoms with E-state index in [-0.39, 0.29) is 22.4 Å². The lowest BCUT2D eigenvalue weighted by molar-refractivity contribution is -0.123. The molecule has 0 heterocycles. The molecule has 186 valence electrons. The Balaban J connectivity index is 1.83. The second-order valence-corrected chi connectivity index (χ2v) is 10.9. The molecule has 9 heteroatoms. The van der Waals surface area contributed by atoms with E-state index in [0.29, 0.717) is 12.4 Å². The van der Waals surface area contributed by atoms with E-state index in [1.54, 1.807) is 11.8 Å². The lowest BCUT2D eigenvalue weighted by Crippen LogP contribution is -2.48. The summed E-state index contributed by atoms with van der Waals surface area (Å²) in [6.07, 6.45) is 2.19. The van der Waals surface area contributed by atoms with E-state index in [9.17, 15) is 13.2 Å². The molecule has 0 fully saturated rings. The third-order valence-corrected chi connectivity index (χ3v) is 7.89. The van der Waals surface area contributed by atoms with Gasteiger partial charge in [0, 0.05) is 4.90 Å². The molecular weight excluding hydrogens is 504 g/mol. The molecule has 0 saturated heterocycles. The monoisotopic (exact) mass is 532 g/mol. The number of nitrogens with one attached hydrogen (secondary N) is 2. The van der Waals surface area contributed by atoms with Gasteiger partial charge >= 0.3 is 0 Å². The number of halogens is 1. The molecule has 0 aliphatic rings. The maximum absolute atomic E-state index is 13.3. The largest absolute Gasteiger partial charge is 0.492 e. The van der Waals surface area contributed by atoms with Gasteiger partial charge in [-0.3, -0.25) is 4.79 Å². The molecule has 0 spiro atoms. The molecule has 6 nitrogen and oxygen atoms in total. The van der Waals surface area contributed by atoms with Gasteiger partial charge in [-0.2, -0.15) is 4.72 Å².